The quantitative estimate of drug-likeness (QED) is 0.682. The smallest absolute Gasteiger partial charge is 0.276 e. The standard InChI is InChI=1S/C20H27N3O3S/c1-14-8-9-15(2)17(12-14)25-13-19-22-23-20(26-19)27-11-10-18(24)21-16-6-4-3-5-7-16/h8-9,12,16H,3-7,10-11,13H2,1-2H3,(H,21,24). The molecule has 1 aromatic carbocycles. The van der Waals surface area contributed by atoms with E-state index in [1.165, 1.54) is 31.0 Å². The average Bonchev–Trinajstić information content (AvgIpc) is 3.11. The maximum Gasteiger partial charge on any atom is 0.276 e. The fourth-order valence-electron chi connectivity index (χ4n) is 3.13. The summed E-state index contributed by atoms with van der Waals surface area (Å²) in [5.74, 6) is 1.98. The Labute approximate surface area is 164 Å². The first-order chi connectivity index (χ1) is 13.1. The lowest BCUT2D eigenvalue weighted by atomic mass is 9.95. The number of rotatable bonds is 8. The molecule has 1 N–H and O–H groups in total. The third-order valence-electron chi connectivity index (χ3n) is 4.67. The first kappa shape index (κ1) is 19.7. The van der Waals surface area contributed by atoms with Crippen molar-refractivity contribution in [3.8, 4) is 5.75 Å². The minimum atomic E-state index is 0.104. The lowest BCUT2D eigenvalue weighted by Gasteiger charge is -2.22. The third-order valence-corrected chi connectivity index (χ3v) is 5.49. The van der Waals surface area contributed by atoms with E-state index in [0.717, 1.165) is 29.7 Å². The van der Waals surface area contributed by atoms with E-state index in [2.05, 4.69) is 15.5 Å². The number of thioether (sulfide) groups is 1. The van der Waals surface area contributed by atoms with Crippen LogP contribution in [0.3, 0.4) is 0 Å². The van der Waals surface area contributed by atoms with Crippen molar-refractivity contribution < 1.29 is 13.9 Å². The van der Waals surface area contributed by atoms with Gasteiger partial charge in [0.15, 0.2) is 6.61 Å². The van der Waals surface area contributed by atoms with Gasteiger partial charge >= 0.3 is 0 Å². The maximum atomic E-state index is 12.0. The summed E-state index contributed by atoms with van der Waals surface area (Å²) >= 11 is 1.40. The highest BCUT2D eigenvalue weighted by Crippen LogP contribution is 2.22. The number of ether oxygens (including phenoxy) is 1. The van der Waals surface area contributed by atoms with Gasteiger partial charge in [-0.05, 0) is 43.9 Å². The number of aryl methyl sites for hydroxylation is 2. The van der Waals surface area contributed by atoms with Crippen molar-refractivity contribution >= 4 is 17.7 Å². The van der Waals surface area contributed by atoms with Gasteiger partial charge in [0.2, 0.25) is 5.91 Å². The number of amides is 1. The normalized spacial score (nSPS) is 14.9. The summed E-state index contributed by atoms with van der Waals surface area (Å²) in [7, 11) is 0. The zero-order valence-corrected chi connectivity index (χ0v) is 16.8. The van der Waals surface area contributed by atoms with E-state index in [1.807, 2.05) is 32.0 Å². The summed E-state index contributed by atoms with van der Waals surface area (Å²) in [6.07, 6.45) is 6.38. The number of benzene rings is 1. The lowest BCUT2D eigenvalue weighted by Crippen LogP contribution is -2.36. The number of nitrogens with one attached hydrogen (secondary N) is 1. The maximum absolute atomic E-state index is 12.0. The van der Waals surface area contributed by atoms with Crippen molar-refractivity contribution in [2.45, 2.75) is 70.2 Å². The minimum absolute atomic E-state index is 0.104. The van der Waals surface area contributed by atoms with Crippen LogP contribution in [0.25, 0.3) is 0 Å². The van der Waals surface area contributed by atoms with E-state index in [9.17, 15) is 4.79 Å². The van der Waals surface area contributed by atoms with E-state index in [1.54, 1.807) is 0 Å². The first-order valence-electron chi connectivity index (χ1n) is 9.55. The van der Waals surface area contributed by atoms with Crippen LogP contribution in [0.4, 0.5) is 0 Å². The molecule has 2 aromatic rings. The van der Waals surface area contributed by atoms with Gasteiger partial charge in [-0.3, -0.25) is 4.79 Å². The predicted molar refractivity (Wildman–Crippen MR) is 105 cm³/mol. The molecule has 0 aliphatic heterocycles. The summed E-state index contributed by atoms with van der Waals surface area (Å²) in [4.78, 5) is 12.0. The molecule has 7 heteroatoms. The second-order valence-electron chi connectivity index (χ2n) is 7.02. The van der Waals surface area contributed by atoms with E-state index in [-0.39, 0.29) is 12.5 Å². The van der Waals surface area contributed by atoms with Gasteiger partial charge in [-0.1, -0.05) is 43.2 Å². The van der Waals surface area contributed by atoms with Gasteiger partial charge in [-0.2, -0.15) is 0 Å². The van der Waals surface area contributed by atoms with Gasteiger partial charge in [0.1, 0.15) is 5.75 Å². The van der Waals surface area contributed by atoms with Crippen molar-refractivity contribution in [3.63, 3.8) is 0 Å². The molecule has 6 nitrogen and oxygen atoms in total. The van der Waals surface area contributed by atoms with Crippen LogP contribution in [0.15, 0.2) is 27.8 Å². The fourth-order valence-corrected chi connectivity index (χ4v) is 3.85. The summed E-state index contributed by atoms with van der Waals surface area (Å²) in [5.41, 5.74) is 2.21. The zero-order valence-electron chi connectivity index (χ0n) is 16.0. The molecule has 0 bridgehead atoms. The third kappa shape index (κ3) is 6.27. The number of carbonyl (C=O) groups excluding carboxylic acids is 1. The van der Waals surface area contributed by atoms with Crippen molar-refractivity contribution in [1.29, 1.82) is 0 Å². The molecule has 1 aliphatic rings. The van der Waals surface area contributed by atoms with Gasteiger partial charge in [-0.25, -0.2) is 0 Å². The molecule has 1 amide bonds. The topological polar surface area (TPSA) is 77.2 Å². The molecule has 0 atom stereocenters. The molecule has 0 spiro atoms. The molecule has 1 fully saturated rings. The Balaban J connectivity index is 1.38. The van der Waals surface area contributed by atoms with Gasteiger partial charge in [-0.15, -0.1) is 10.2 Å². The lowest BCUT2D eigenvalue weighted by molar-refractivity contribution is -0.121. The van der Waals surface area contributed by atoms with E-state index < -0.39 is 0 Å². The van der Waals surface area contributed by atoms with Crippen LogP contribution >= 0.6 is 11.8 Å². The Hall–Kier alpha value is -2.02. The van der Waals surface area contributed by atoms with Gasteiger partial charge in [0.25, 0.3) is 11.1 Å². The second-order valence-corrected chi connectivity index (χ2v) is 8.07. The van der Waals surface area contributed by atoms with Crippen molar-refractivity contribution in [2.75, 3.05) is 5.75 Å². The molecule has 3 rings (SSSR count). The zero-order chi connectivity index (χ0) is 19.1. The van der Waals surface area contributed by atoms with Crippen molar-refractivity contribution in [2.24, 2.45) is 0 Å². The van der Waals surface area contributed by atoms with Crippen LogP contribution in [0.2, 0.25) is 0 Å². The van der Waals surface area contributed by atoms with Crippen LogP contribution < -0.4 is 10.1 Å². The molecular weight excluding hydrogens is 362 g/mol. The number of nitrogens with zero attached hydrogens (tertiary/aromatic N) is 2. The van der Waals surface area contributed by atoms with Gasteiger partial charge < -0.3 is 14.5 Å². The second kappa shape index (κ2) is 9.78. The number of aromatic nitrogens is 2. The highest BCUT2D eigenvalue weighted by atomic mass is 32.2. The van der Waals surface area contributed by atoms with Crippen LogP contribution in [0, 0.1) is 13.8 Å². The Morgan fingerprint density at radius 3 is 2.89 bits per heavy atom. The number of carbonyl (C=O) groups is 1. The molecule has 27 heavy (non-hydrogen) atoms. The molecule has 0 saturated heterocycles. The molecule has 0 unspecified atom stereocenters. The Kier molecular flexibility index (Phi) is 7.15. The number of hydrogen-bond donors (Lipinski definition) is 1. The van der Waals surface area contributed by atoms with Crippen LogP contribution in [-0.4, -0.2) is 27.9 Å². The molecule has 146 valence electrons. The number of hydrogen-bond acceptors (Lipinski definition) is 6. The summed E-state index contributed by atoms with van der Waals surface area (Å²) in [5, 5.41) is 11.6. The molecule has 1 heterocycles. The molecular formula is C20H27N3O3S. The predicted octanol–water partition coefficient (Wildman–Crippen LogP) is 4.20. The summed E-state index contributed by atoms with van der Waals surface area (Å²) in [6.45, 7) is 4.26. The molecule has 0 radical (unpaired) electrons. The monoisotopic (exact) mass is 389 g/mol. The molecule has 1 aliphatic carbocycles. The Morgan fingerprint density at radius 1 is 1.26 bits per heavy atom. The van der Waals surface area contributed by atoms with E-state index in [4.69, 9.17) is 9.15 Å². The summed E-state index contributed by atoms with van der Waals surface area (Å²) in [6, 6.07) is 6.42. The van der Waals surface area contributed by atoms with Gasteiger partial charge in [0.05, 0.1) is 0 Å². The average molecular weight is 390 g/mol. The van der Waals surface area contributed by atoms with Gasteiger partial charge in [0, 0.05) is 18.2 Å². The minimum Gasteiger partial charge on any atom is -0.484 e. The molecule has 1 aromatic heterocycles. The largest absolute Gasteiger partial charge is 0.484 e. The van der Waals surface area contributed by atoms with Crippen molar-refractivity contribution in [3.05, 3.63) is 35.2 Å². The fraction of sp³-hybridized carbons (Fsp3) is 0.550. The Bertz CT molecular complexity index is 757. The van der Waals surface area contributed by atoms with Crippen LogP contribution in [-0.2, 0) is 11.4 Å². The molecule has 1 saturated carbocycles. The Morgan fingerprint density at radius 2 is 2.07 bits per heavy atom. The van der Waals surface area contributed by atoms with Crippen LogP contribution in [0.1, 0.15) is 55.5 Å². The first-order valence-corrected chi connectivity index (χ1v) is 10.5. The van der Waals surface area contributed by atoms with E-state index in [0.29, 0.717) is 29.3 Å². The van der Waals surface area contributed by atoms with E-state index >= 15 is 0 Å². The highest BCUT2D eigenvalue weighted by Gasteiger charge is 2.16. The van der Waals surface area contributed by atoms with Crippen molar-refractivity contribution in [1.82, 2.24) is 15.5 Å². The summed E-state index contributed by atoms with van der Waals surface area (Å²) < 4.78 is 11.4. The van der Waals surface area contributed by atoms with Crippen LogP contribution in [0.5, 0.6) is 5.75 Å². The highest BCUT2D eigenvalue weighted by molar-refractivity contribution is 7.99. The SMILES string of the molecule is Cc1ccc(C)c(OCc2nnc(SCCC(=O)NC3CCCCC3)o2)c1.